The lowest BCUT2D eigenvalue weighted by Gasteiger charge is -2.22. The summed E-state index contributed by atoms with van der Waals surface area (Å²) in [6, 6.07) is 16.9. The molecule has 0 aromatic heterocycles. The maximum absolute atomic E-state index is 11.6. The van der Waals surface area contributed by atoms with Gasteiger partial charge < -0.3 is 9.84 Å². The van der Waals surface area contributed by atoms with Crippen molar-refractivity contribution in [3.8, 4) is 23.8 Å². The number of hydrogen-bond donors (Lipinski definition) is 1. The number of rotatable bonds is 8. The van der Waals surface area contributed by atoms with E-state index in [1.165, 1.54) is 0 Å². The summed E-state index contributed by atoms with van der Waals surface area (Å²) in [6.07, 6.45) is 7.51. The molecule has 0 spiro atoms. The summed E-state index contributed by atoms with van der Waals surface area (Å²) in [4.78, 5) is 11.6. The van der Waals surface area contributed by atoms with Gasteiger partial charge in [-0.2, -0.15) is 0 Å². The van der Waals surface area contributed by atoms with Gasteiger partial charge in [0.1, 0.15) is 11.5 Å². The Bertz CT molecular complexity index is 865. The molecule has 0 heterocycles. The second-order valence-electron chi connectivity index (χ2n) is 7.11. The van der Waals surface area contributed by atoms with E-state index in [-0.39, 0.29) is 11.8 Å². The average molecular weight is 397 g/mol. The summed E-state index contributed by atoms with van der Waals surface area (Å²) in [5.41, 5.74) is 0.820. The Morgan fingerprint density at radius 3 is 2.32 bits per heavy atom. The maximum atomic E-state index is 11.6. The lowest BCUT2D eigenvalue weighted by Crippen LogP contribution is -2.25. The van der Waals surface area contributed by atoms with Crippen LogP contribution < -0.4 is 4.74 Å². The van der Waals surface area contributed by atoms with Gasteiger partial charge in [-0.15, -0.1) is 6.42 Å². The first-order chi connectivity index (χ1) is 13.3. The zero-order chi connectivity index (χ0) is 20.7. The van der Waals surface area contributed by atoms with Crippen molar-refractivity contribution in [3.05, 3.63) is 71.3 Å². The number of benzene rings is 2. The van der Waals surface area contributed by atoms with E-state index in [0.717, 1.165) is 11.3 Å². The topological polar surface area (TPSA) is 46.5 Å². The Kier molecular flexibility index (Phi) is 7.72. The van der Waals surface area contributed by atoms with E-state index in [1.54, 1.807) is 6.08 Å². The monoisotopic (exact) mass is 396 g/mol. The first kappa shape index (κ1) is 21.6. The van der Waals surface area contributed by atoms with Gasteiger partial charge in [0.15, 0.2) is 0 Å². The van der Waals surface area contributed by atoms with Gasteiger partial charge in [-0.05, 0) is 41.7 Å². The molecule has 0 amide bonds. The van der Waals surface area contributed by atoms with Crippen molar-refractivity contribution < 1.29 is 14.6 Å². The minimum absolute atomic E-state index is 0.0138. The smallest absolute Gasteiger partial charge is 0.307 e. The van der Waals surface area contributed by atoms with Gasteiger partial charge in [-0.25, -0.2) is 0 Å². The third-order valence-electron chi connectivity index (χ3n) is 4.60. The standard InChI is InChI=1S/C24H25ClO3/c1-5-21(22(25)14-17(4)23(16(2)3)24(26)27)18-10-9-13-20(15-18)28-19-11-7-6-8-12-19/h1,6-17,21,23H,2-4H3,(H,26,27). The number of halogens is 1. The Labute approximate surface area is 172 Å². The van der Waals surface area contributed by atoms with Gasteiger partial charge in [-0.3, -0.25) is 4.79 Å². The molecule has 0 aliphatic heterocycles. The third kappa shape index (κ3) is 5.65. The van der Waals surface area contributed by atoms with Crippen molar-refractivity contribution in [1.29, 1.82) is 0 Å². The minimum Gasteiger partial charge on any atom is -0.481 e. The highest BCUT2D eigenvalue weighted by Gasteiger charge is 2.27. The molecular weight excluding hydrogens is 372 g/mol. The SMILES string of the molecule is C#CC(C(Cl)=CC(C)C(C(=O)O)C(C)C)c1cccc(Oc2ccccc2)c1. The van der Waals surface area contributed by atoms with E-state index < -0.39 is 17.8 Å². The van der Waals surface area contributed by atoms with E-state index in [4.69, 9.17) is 22.8 Å². The molecule has 0 fully saturated rings. The van der Waals surface area contributed by atoms with Crippen molar-refractivity contribution in [2.75, 3.05) is 0 Å². The van der Waals surface area contributed by atoms with Crippen LogP contribution in [0, 0.1) is 30.1 Å². The molecule has 3 nitrogen and oxygen atoms in total. The lowest BCUT2D eigenvalue weighted by atomic mass is 9.83. The summed E-state index contributed by atoms with van der Waals surface area (Å²) in [7, 11) is 0. The molecule has 0 radical (unpaired) electrons. The highest BCUT2D eigenvalue weighted by molar-refractivity contribution is 6.30. The van der Waals surface area contributed by atoms with Crippen molar-refractivity contribution >= 4 is 17.6 Å². The van der Waals surface area contributed by atoms with E-state index in [0.29, 0.717) is 10.8 Å². The van der Waals surface area contributed by atoms with Crippen molar-refractivity contribution in [2.45, 2.75) is 26.7 Å². The van der Waals surface area contributed by atoms with Gasteiger partial charge >= 0.3 is 5.97 Å². The fourth-order valence-electron chi connectivity index (χ4n) is 3.29. The van der Waals surface area contributed by atoms with E-state index >= 15 is 0 Å². The zero-order valence-electron chi connectivity index (χ0n) is 16.3. The predicted molar refractivity (Wildman–Crippen MR) is 114 cm³/mol. The zero-order valence-corrected chi connectivity index (χ0v) is 17.1. The minimum atomic E-state index is -0.835. The lowest BCUT2D eigenvalue weighted by molar-refractivity contribution is -0.144. The van der Waals surface area contributed by atoms with Crippen LogP contribution in [0.25, 0.3) is 0 Å². The Balaban J connectivity index is 2.25. The Morgan fingerprint density at radius 2 is 1.75 bits per heavy atom. The van der Waals surface area contributed by atoms with Crippen LogP contribution in [0.15, 0.2) is 65.7 Å². The summed E-state index contributed by atoms with van der Waals surface area (Å²) < 4.78 is 5.87. The summed E-state index contributed by atoms with van der Waals surface area (Å²) >= 11 is 6.53. The first-order valence-electron chi connectivity index (χ1n) is 9.22. The van der Waals surface area contributed by atoms with Gasteiger partial charge in [0, 0.05) is 5.03 Å². The van der Waals surface area contributed by atoms with Crippen LogP contribution in [0.4, 0.5) is 0 Å². The van der Waals surface area contributed by atoms with Crippen LogP contribution in [-0.2, 0) is 4.79 Å². The van der Waals surface area contributed by atoms with Crippen LogP contribution in [0.5, 0.6) is 11.5 Å². The molecule has 0 aliphatic carbocycles. The predicted octanol–water partition coefficient (Wildman–Crippen LogP) is 6.31. The number of carboxylic acids is 1. The van der Waals surface area contributed by atoms with E-state index in [2.05, 4.69) is 5.92 Å². The van der Waals surface area contributed by atoms with Crippen LogP contribution in [0.2, 0.25) is 0 Å². The number of aliphatic carboxylic acids is 1. The highest BCUT2D eigenvalue weighted by Crippen LogP contribution is 2.33. The average Bonchev–Trinajstić information content (AvgIpc) is 2.62. The molecule has 2 aromatic rings. The molecule has 0 saturated carbocycles. The molecule has 3 atom stereocenters. The number of terminal acetylenes is 1. The number of carboxylic acid groups (broad SMARTS) is 1. The molecule has 2 aromatic carbocycles. The second-order valence-corrected chi connectivity index (χ2v) is 7.54. The normalized spacial score (nSPS) is 14.8. The van der Waals surface area contributed by atoms with E-state index in [1.807, 2.05) is 75.4 Å². The van der Waals surface area contributed by atoms with Gasteiger partial charge in [-0.1, -0.05) is 74.7 Å². The summed E-state index contributed by atoms with van der Waals surface area (Å²) in [5.74, 6) is 2.01. The second kappa shape index (κ2) is 10.0. The van der Waals surface area contributed by atoms with Crippen molar-refractivity contribution in [2.24, 2.45) is 17.8 Å². The van der Waals surface area contributed by atoms with Crippen LogP contribution >= 0.6 is 11.6 Å². The molecule has 3 unspecified atom stereocenters. The van der Waals surface area contributed by atoms with Crippen LogP contribution in [0.3, 0.4) is 0 Å². The molecule has 146 valence electrons. The first-order valence-corrected chi connectivity index (χ1v) is 9.60. The number of allylic oxidation sites excluding steroid dienone is 2. The molecule has 2 rings (SSSR count). The largest absolute Gasteiger partial charge is 0.481 e. The highest BCUT2D eigenvalue weighted by atomic mass is 35.5. The van der Waals surface area contributed by atoms with Crippen molar-refractivity contribution in [1.82, 2.24) is 0 Å². The number of carbonyl (C=O) groups is 1. The number of ether oxygens (including phenoxy) is 1. The molecule has 4 heteroatoms. The quantitative estimate of drug-likeness (QED) is 0.531. The van der Waals surface area contributed by atoms with Gasteiger partial charge in [0.25, 0.3) is 0 Å². The third-order valence-corrected chi connectivity index (χ3v) is 4.95. The fraction of sp³-hybridized carbons (Fsp3) is 0.292. The number of hydrogen-bond acceptors (Lipinski definition) is 2. The number of para-hydroxylation sites is 1. The van der Waals surface area contributed by atoms with Crippen molar-refractivity contribution in [3.63, 3.8) is 0 Å². The summed E-state index contributed by atoms with van der Waals surface area (Å²) in [6.45, 7) is 5.63. The van der Waals surface area contributed by atoms with Gasteiger partial charge in [0.2, 0.25) is 0 Å². The molecular formula is C24H25ClO3. The Morgan fingerprint density at radius 1 is 1.11 bits per heavy atom. The van der Waals surface area contributed by atoms with E-state index in [9.17, 15) is 9.90 Å². The molecule has 0 saturated heterocycles. The fourth-order valence-corrected chi connectivity index (χ4v) is 3.67. The molecule has 0 bridgehead atoms. The molecule has 28 heavy (non-hydrogen) atoms. The molecule has 1 N–H and O–H groups in total. The summed E-state index contributed by atoms with van der Waals surface area (Å²) in [5, 5.41) is 9.93. The van der Waals surface area contributed by atoms with Gasteiger partial charge in [0.05, 0.1) is 11.8 Å². The van der Waals surface area contributed by atoms with Crippen LogP contribution in [0.1, 0.15) is 32.3 Å². The van der Waals surface area contributed by atoms with Crippen LogP contribution in [-0.4, -0.2) is 11.1 Å². The molecule has 0 aliphatic rings. The Hall–Kier alpha value is -2.70. The maximum Gasteiger partial charge on any atom is 0.307 e.